The van der Waals surface area contributed by atoms with Crippen molar-refractivity contribution in [3.05, 3.63) is 213 Å². The summed E-state index contributed by atoms with van der Waals surface area (Å²) in [6.45, 7) is 13.8. The maximum atomic E-state index is 14.5. The number of nitrogens with zero attached hydrogens (tertiary/aromatic N) is 2. The van der Waals surface area contributed by atoms with Gasteiger partial charge in [0.15, 0.2) is 0 Å². The van der Waals surface area contributed by atoms with Crippen molar-refractivity contribution in [2.24, 2.45) is 0 Å². The number of hydrogen-bond donors (Lipinski definition) is 0. The van der Waals surface area contributed by atoms with Crippen molar-refractivity contribution in [2.45, 2.75) is 70.1 Å². The lowest BCUT2D eigenvalue weighted by Gasteiger charge is -2.55. The fourth-order valence-corrected chi connectivity index (χ4v) is 10.2. The van der Waals surface area contributed by atoms with Gasteiger partial charge in [-0.2, -0.15) is 0 Å². The highest BCUT2D eigenvalue weighted by Gasteiger charge is 2.52. The average Bonchev–Trinajstić information content (AvgIpc) is 3.21. The normalized spacial score (nSPS) is 16.3. The molecule has 6 heteroatoms. The van der Waals surface area contributed by atoms with Gasteiger partial charge in [-0.15, -0.1) is 0 Å². The lowest BCUT2D eigenvalue weighted by molar-refractivity contribution is 0.564. The van der Waals surface area contributed by atoms with E-state index >= 15 is 0 Å². The van der Waals surface area contributed by atoms with Crippen molar-refractivity contribution >= 4 is 34.1 Å². The minimum atomic E-state index is -0.535. The van der Waals surface area contributed by atoms with Crippen LogP contribution in [-0.4, -0.2) is 0 Å². The van der Waals surface area contributed by atoms with Gasteiger partial charge in [-0.3, -0.25) is 0 Å². The predicted octanol–water partition coefficient (Wildman–Crippen LogP) is 14.5. The van der Waals surface area contributed by atoms with Crippen molar-refractivity contribution in [2.75, 3.05) is 9.80 Å². The van der Waals surface area contributed by atoms with E-state index in [2.05, 4.69) is 93.8 Å². The van der Waals surface area contributed by atoms with E-state index in [1.165, 1.54) is 87.8 Å². The Morgan fingerprint density at radius 3 is 1.25 bits per heavy atom. The maximum absolute atomic E-state index is 14.5. The molecule has 3 aliphatic heterocycles. The summed E-state index contributed by atoms with van der Waals surface area (Å²) in [5.41, 5.74) is 14.9. The molecule has 0 saturated heterocycles. The van der Waals surface area contributed by atoms with Crippen LogP contribution in [0.25, 0.3) is 0 Å². The molecule has 0 saturated carbocycles. The second-order valence-corrected chi connectivity index (χ2v) is 18.0. The quantitative estimate of drug-likeness (QED) is 0.149. The van der Waals surface area contributed by atoms with Gasteiger partial charge in [0.05, 0.1) is 17.1 Å². The molecule has 10 rings (SSSR count). The van der Waals surface area contributed by atoms with Crippen LogP contribution in [0.3, 0.4) is 0 Å². The second-order valence-electron chi connectivity index (χ2n) is 18.0. The lowest BCUT2D eigenvalue weighted by Crippen LogP contribution is -2.44. The molecule has 0 N–H and O–H groups in total. The Morgan fingerprint density at radius 1 is 0.424 bits per heavy atom. The van der Waals surface area contributed by atoms with Crippen LogP contribution in [0.15, 0.2) is 140 Å². The Bertz CT molecular complexity index is 2760. The van der Waals surface area contributed by atoms with E-state index in [-0.39, 0.29) is 34.6 Å². The Kier molecular flexibility index (Phi) is 8.14. The van der Waals surface area contributed by atoms with Crippen LogP contribution in [0, 0.1) is 23.3 Å². The van der Waals surface area contributed by atoms with Crippen molar-refractivity contribution in [3.63, 3.8) is 0 Å². The first-order valence-electron chi connectivity index (χ1n) is 20.3. The zero-order valence-corrected chi connectivity index (χ0v) is 34.0. The highest BCUT2D eigenvalue weighted by Crippen LogP contribution is 2.67. The van der Waals surface area contributed by atoms with Gasteiger partial charge in [-0.25, -0.2) is 17.6 Å². The van der Waals surface area contributed by atoms with Crippen molar-refractivity contribution in [1.82, 2.24) is 0 Å². The highest BCUT2D eigenvalue weighted by molar-refractivity contribution is 5.99. The van der Waals surface area contributed by atoms with Crippen LogP contribution in [0.4, 0.5) is 51.7 Å². The molecule has 0 fully saturated rings. The molecular formula is C53H44F4N2. The Balaban J connectivity index is 1.26. The summed E-state index contributed by atoms with van der Waals surface area (Å²) in [7, 11) is 0. The second kappa shape index (κ2) is 12.9. The van der Waals surface area contributed by atoms with Gasteiger partial charge in [-0.1, -0.05) is 96.1 Å². The van der Waals surface area contributed by atoms with Crippen LogP contribution in [0.5, 0.6) is 0 Å². The number of benzene rings is 7. The minimum absolute atomic E-state index is 0.155. The Hall–Kier alpha value is -6.14. The first-order valence-corrected chi connectivity index (χ1v) is 20.3. The SMILES string of the molecule is CC1(C)c2cccc3c2N2c4c1cc(C(Cc1ccc(F)cc1)c1ccc(F)cc1)cc4C(C)(C)c1cc(N(c4ccc(F)cc4)c4ccc(F)cc4)cc(c12)C3(C)C. The predicted molar refractivity (Wildman–Crippen MR) is 230 cm³/mol. The van der Waals surface area contributed by atoms with Gasteiger partial charge < -0.3 is 9.80 Å². The van der Waals surface area contributed by atoms with E-state index in [1.54, 1.807) is 24.3 Å². The highest BCUT2D eigenvalue weighted by atomic mass is 19.1. The molecule has 0 aliphatic carbocycles. The molecule has 294 valence electrons. The van der Waals surface area contributed by atoms with Crippen LogP contribution >= 0.6 is 0 Å². The lowest BCUT2D eigenvalue weighted by atomic mass is 9.60. The minimum Gasteiger partial charge on any atom is -0.310 e. The van der Waals surface area contributed by atoms with E-state index in [9.17, 15) is 17.6 Å². The molecule has 3 heterocycles. The number of halogens is 4. The zero-order chi connectivity index (χ0) is 41.2. The smallest absolute Gasteiger partial charge is 0.123 e. The summed E-state index contributed by atoms with van der Waals surface area (Å²) in [5, 5.41) is 0. The summed E-state index contributed by atoms with van der Waals surface area (Å²) in [5.74, 6) is -1.41. The zero-order valence-electron chi connectivity index (χ0n) is 34.0. The van der Waals surface area contributed by atoms with Crippen LogP contribution in [0.1, 0.15) is 97.5 Å². The molecule has 7 aromatic rings. The summed E-state index contributed by atoms with van der Waals surface area (Å²) in [4.78, 5) is 4.60. The summed E-state index contributed by atoms with van der Waals surface area (Å²) >= 11 is 0. The number of rotatable bonds is 7. The first kappa shape index (κ1) is 37.2. The van der Waals surface area contributed by atoms with Gasteiger partial charge >= 0.3 is 0 Å². The van der Waals surface area contributed by atoms with Crippen LogP contribution in [0.2, 0.25) is 0 Å². The largest absolute Gasteiger partial charge is 0.310 e. The van der Waals surface area contributed by atoms with E-state index in [1.807, 2.05) is 24.3 Å². The van der Waals surface area contributed by atoms with Crippen molar-refractivity contribution < 1.29 is 17.6 Å². The summed E-state index contributed by atoms with van der Waals surface area (Å²) < 4.78 is 57.5. The van der Waals surface area contributed by atoms with Crippen molar-refractivity contribution in [3.8, 4) is 0 Å². The third-order valence-corrected chi connectivity index (χ3v) is 13.4. The molecule has 0 amide bonds. The third kappa shape index (κ3) is 5.59. The number of anilines is 6. The van der Waals surface area contributed by atoms with Gasteiger partial charge in [-0.05, 0) is 141 Å². The van der Waals surface area contributed by atoms with Crippen LogP contribution < -0.4 is 9.80 Å². The molecule has 0 aromatic heterocycles. The molecule has 1 unspecified atom stereocenters. The fourth-order valence-electron chi connectivity index (χ4n) is 10.2. The van der Waals surface area contributed by atoms with Gasteiger partial charge in [0.1, 0.15) is 23.3 Å². The first-order chi connectivity index (χ1) is 28.1. The van der Waals surface area contributed by atoms with Crippen molar-refractivity contribution in [1.29, 1.82) is 0 Å². The van der Waals surface area contributed by atoms with E-state index in [0.29, 0.717) is 6.42 Å². The molecule has 0 spiro atoms. The summed E-state index contributed by atoms with van der Waals surface area (Å²) in [6, 6.07) is 42.3. The molecule has 0 bridgehead atoms. The number of para-hydroxylation sites is 1. The Morgan fingerprint density at radius 2 is 0.797 bits per heavy atom. The maximum Gasteiger partial charge on any atom is 0.123 e. The van der Waals surface area contributed by atoms with E-state index < -0.39 is 10.8 Å². The molecule has 1 atom stereocenters. The Labute approximate surface area is 343 Å². The fraction of sp³-hybridized carbons (Fsp3) is 0.208. The monoisotopic (exact) mass is 784 g/mol. The molecule has 2 nitrogen and oxygen atoms in total. The van der Waals surface area contributed by atoms with Crippen LogP contribution in [-0.2, 0) is 22.7 Å². The summed E-state index contributed by atoms with van der Waals surface area (Å²) in [6.07, 6.45) is 0.596. The topological polar surface area (TPSA) is 6.48 Å². The average molecular weight is 785 g/mol. The molecule has 3 aliphatic rings. The standard InChI is InChI=1S/C53H44F4N2/c1-51(2)42-8-7-9-43-48(42)59-49-44(51)27-33(41(32-12-16-35(55)17-13-32)26-31-10-14-34(54)15-11-31)28-45(49)53(5,6)47-30-40(29-46(50(47)59)52(43,3)4)58(38-22-18-36(56)19-23-38)39-24-20-37(57)21-25-39/h7-25,27-30,41H,26H2,1-6H3. The molecule has 0 radical (unpaired) electrons. The molecule has 7 aromatic carbocycles. The van der Waals surface area contributed by atoms with Gasteiger partial charge in [0, 0.05) is 39.2 Å². The van der Waals surface area contributed by atoms with Gasteiger partial charge in [0.25, 0.3) is 0 Å². The number of hydrogen-bond acceptors (Lipinski definition) is 2. The van der Waals surface area contributed by atoms with E-state index in [0.717, 1.165) is 44.9 Å². The van der Waals surface area contributed by atoms with E-state index in [4.69, 9.17) is 0 Å². The molecular weight excluding hydrogens is 741 g/mol. The van der Waals surface area contributed by atoms with Gasteiger partial charge in [0.2, 0.25) is 0 Å². The third-order valence-electron chi connectivity index (χ3n) is 13.4. The molecule has 59 heavy (non-hydrogen) atoms.